The molecule has 1 fully saturated rings. The summed E-state index contributed by atoms with van der Waals surface area (Å²) in [5.41, 5.74) is 4.59. The van der Waals surface area contributed by atoms with Crippen LogP contribution in [-0.2, 0) is 12.1 Å². The fourth-order valence-electron chi connectivity index (χ4n) is 3.73. The first kappa shape index (κ1) is 15.4. The van der Waals surface area contributed by atoms with Crippen LogP contribution in [0, 0.1) is 0 Å². The molecule has 4 rings (SSSR count). The number of rotatable bonds is 3. The van der Waals surface area contributed by atoms with Gasteiger partial charge in [-0.2, -0.15) is 0 Å². The lowest BCUT2D eigenvalue weighted by Crippen LogP contribution is -2.46. The summed E-state index contributed by atoms with van der Waals surface area (Å²) >= 11 is 0. The van der Waals surface area contributed by atoms with Gasteiger partial charge in [0.05, 0.1) is 12.4 Å². The molecule has 0 bridgehead atoms. The van der Waals surface area contributed by atoms with Gasteiger partial charge < -0.3 is 20.6 Å². The van der Waals surface area contributed by atoms with Crippen molar-refractivity contribution in [2.45, 2.75) is 12.1 Å². The fourth-order valence-corrected chi connectivity index (χ4v) is 3.73. The highest BCUT2D eigenvalue weighted by Gasteiger charge is 2.43. The molecule has 2 aromatic rings. The normalized spacial score (nSPS) is 21.9. The van der Waals surface area contributed by atoms with E-state index in [1.165, 1.54) is 5.56 Å². The zero-order valence-corrected chi connectivity index (χ0v) is 14.0. The summed E-state index contributed by atoms with van der Waals surface area (Å²) in [6.07, 6.45) is 0. The van der Waals surface area contributed by atoms with Crippen LogP contribution < -0.4 is 10.6 Å². The van der Waals surface area contributed by atoms with E-state index in [0.717, 1.165) is 34.9 Å². The van der Waals surface area contributed by atoms with E-state index in [4.69, 9.17) is 0 Å². The van der Waals surface area contributed by atoms with Crippen LogP contribution >= 0.6 is 0 Å². The molecule has 2 aromatic carbocycles. The molecule has 2 heterocycles. The van der Waals surface area contributed by atoms with Crippen molar-refractivity contribution in [3.05, 3.63) is 96.5 Å². The van der Waals surface area contributed by atoms with E-state index < -0.39 is 5.54 Å². The molecule has 1 atom stereocenters. The quantitative estimate of drug-likeness (QED) is 0.808. The number of hydrogen-bond donors (Lipinski definition) is 3. The molecule has 126 valence electrons. The van der Waals surface area contributed by atoms with Crippen LogP contribution in [0.25, 0.3) is 5.70 Å². The van der Waals surface area contributed by atoms with Crippen molar-refractivity contribution < 1.29 is 5.11 Å². The molecule has 0 amide bonds. The van der Waals surface area contributed by atoms with E-state index in [1.54, 1.807) is 12.1 Å². The van der Waals surface area contributed by atoms with Crippen LogP contribution in [0.1, 0.15) is 16.7 Å². The Labute approximate surface area is 147 Å². The highest BCUT2D eigenvalue weighted by Crippen LogP contribution is 2.39. The summed E-state index contributed by atoms with van der Waals surface area (Å²) in [5, 5.41) is 16.5. The van der Waals surface area contributed by atoms with Crippen molar-refractivity contribution in [1.82, 2.24) is 15.5 Å². The van der Waals surface area contributed by atoms with Gasteiger partial charge in [0.25, 0.3) is 0 Å². The third-order valence-corrected chi connectivity index (χ3v) is 5.02. The Balaban J connectivity index is 1.71. The standard InChI is InChI=1S/C21H21N3O/c1-14-20-11-19(25)10-9-17(20)12-24(14)13-21(15(2)22-16(3)23-21)18-7-5-4-6-8-18/h4-11,22-23,25H,1-3,12-13H2. The average molecular weight is 331 g/mol. The number of phenolic OH excluding ortho intramolecular Hbond substituents is 1. The first-order chi connectivity index (χ1) is 12.0. The number of aromatic hydroxyl groups is 1. The van der Waals surface area contributed by atoms with Crippen LogP contribution in [0.5, 0.6) is 5.75 Å². The van der Waals surface area contributed by atoms with Gasteiger partial charge in [0.2, 0.25) is 0 Å². The van der Waals surface area contributed by atoms with Gasteiger partial charge >= 0.3 is 0 Å². The maximum Gasteiger partial charge on any atom is 0.121 e. The van der Waals surface area contributed by atoms with Crippen LogP contribution in [-0.4, -0.2) is 16.6 Å². The molecule has 0 radical (unpaired) electrons. The van der Waals surface area contributed by atoms with Crippen molar-refractivity contribution in [3.63, 3.8) is 0 Å². The van der Waals surface area contributed by atoms with Gasteiger partial charge in [0.15, 0.2) is 0 Å². The summed E-state index contributed by atoms with van der Waals surface area (Å²) in [4.78, 5) is 2.22. The monoisotopic (exact) mass is 331 g/mol. The average Bonchev–Trinajstić information content (AvgIpc) is 3.06. The Hall–Kier alpha value is -3.14. The third kappa shape index (κ3) is 2.38. The number of benzene rings is 2. The Morgan fingerprint density at radius 1 is 1.08 bits per heavy atom. The van der Waals surface area contributed by atoms with Gasteiger partial charge in [-0.3, -0.25) is 0 Å². The topological polar surface area (TPSA) is 47.5 Å². The first-order valence-electron chi connectivity index (χ1n) is 8.25. The van der Waals surface area contributed by atoms with Crippen molar-refractivity contribution in [2.75, 3.05) is 6.54 Å². The number of nitrogens with zero attached hydrogens (tertiary/aromatic N) is 1. The summed E-state index contributed by atoms with van der Waals surface area (Å²) < 4.78 is 0. The summed E-state index contributed by atoms with van der Waals surface area (Å²) in [7, 11) is 0. The molecule has 4 nitrogen and oxygen atoms in total. The molecule has 4 heteroatoms. The van der Waals surface area contributed by atoms with Gasteiger partial charge in [-0.1, -0.05) is 56.1 Å². The lowest BCUT2D eigenvalue weighted by molar-refractivity contribution is 0.303. The van der Waals surface area contributed by atoms with E-state index in [2.05, 4.69) is 47.4 Å². The number of hydrogen-bond acceptors (Lipinski definition) is 4. The predicted octanol–water partition coefficient (Wildman–Crippen LogP) is 3.25. The molecule has 0 aliphatic carbocycles. The smallest absolute Gasteiger partial charge is 0.121 e. The van der Waals surface area contributed by atoms with Crippen LogP contribution in [0.15, 0.2) is 79.8 Å². The lowest BCUT2D eigenvalue weighted by Gasteiger charge is -2.35. The Morgan fingerprint density at radius 3 is 2.52 bits per heavy atom. The molecule has 2 aliphatic heterocycles. The molecular weight excluding hydrogens is 310 g/mol. The minimum Gasteiger partial charge on any atom is -0.508 e. The van der Waals surface area contributed by atoms with Crippen molar-refractivity contribution in [1.29, 1.82) is 0 Å². The van der Waals surface area contributed by atoms with Gasteiger partial charge in [-0.05, 0) is 23.3 Å². The van der Waals surface area contributed by atoms with Crippen molar-refractivity contribution in [2.24, 2.45) is 0 Å². The van der Waals surface area contributed by atoms with E-state index in [-0.39, 0.29) is 5.75 Å². The van der Waals surface area contributed by atoms with E-state index >= 15 is 0 Å². The molecule has 2 aliphatic rings. The van der Waals surface area contributed by atoms with Gasteiger partial charge in [0, 0.05) is 23.5 Å². The van der Waals surface area contributed by atoms with Gasteiger partial charge in [-0.15, -0.1) is 0 Å². The summed E-state index contributed by atoms with van der Waals surface area (Å²) in [6.45, 7) is 13.9. The minimum atomic E-state index is -0.481. The van der Waals surface area contributed by atoms with Crippen LogP contribution in [0.3, 0.4) is 0 Å². The third-order valence-electron chi connectivity index (χ3n) is 5.02. The number of fused-ring (bicyclic) bond motifs is 1. The number of phenols is 1. The Morgan fingerprint density at radius 2 is 1.84 bits per heavy atom. The fraction of sp³-hybridized carbons (Fsp3) is 0.143. The molecule has 1 unspecified atom stereocenters. The molecule has 1 saturated heterocycles. The SMILES string of the molecule is C=C1NC(=C)C(CN2Cc3ccc(O)cc3C2=C)(c2ccccc2)N1. The van der Waals surface area contributed by atoms with Gasteiger partial charge in [-0.25, -0.2) is 0 Å². The van der Waals surface area contributed by atoms with E-state index in [0.29, 0.717) is 6.54 Å². The second-order valence-electron chi connectivity index (χ2n) is 6.62. The molecule has 0 spiro atoms. The Bertz CT molecular complexity index is 887. The summed E-state index contributed by atoms with van der Waals surface area (Å²) in [6, 6.07) is 15.7. The lowest BCUT2D eigenvalue weighted by atomic mass is 9.87. The molecule has 0 aromatic heterocycles. The van der Waals surface area contributed by atoms with Crippen molar-refractivity contribution in [3.8, 4) is 5.75 Å². The molecule has 3 N–H and O–H groups in total. The predicted molar refractivity (Wildman–Crippen MR) is 100 cm³/mol. The maximum absolute atomic E-state index is 9.78. The van der Waals surface area contributed by atoms with Crippen LogP contribution in [0.2, 0.25) is 0 Å². The van der Waals surface area contributed by atoms with Crippen LogP contribution in [0.4, 0.5) is 0 Å². The van der Waals surface area contributed by atoms with E-state index in [9.17, 15) is 5.11 Å². The highest BCUT2D eigenvalue weighted by atomic mass is 16.3. The molecule has 0 saturated carbocycles. The van der Waals surface area contributed by atoms with Crippen molar-refractivity contribution >= 4 is 5.70 Å². The first-order valence-corrected chi connectivity index (χ1v) is 8.25. The van der Waals surface area contributed by atoms with Gasteiger partial charge in [0.1, 0.15) is 11.3 Å². The highest BCUT2D eigenvalue weighted by molar-refractivity contribution is 5.70. The largest absolute Gasteiger partial charge is 0.508 e. The second kappa shape index (κ2) is 5.45. The zero-order valence-electron chi connectivity index (χ0n) is 14.0. The summed E-state index contributed by atoms with van der Waals surface area (Å²) in [5.74, 6) is 1.01. The zero-order chi connectivity index (χ0) is 17.6. The Kier molecular flexibility index (Phi) is 3.35. The minimum absolute atomic E-state index is 0.262. The second-order valence-corrected chi connectivity index (χ2v) is 6.62. The molecule has 25 heavy (non-hydrogen) atoms. The molecular formula is C21H21N3O. The number of nitrogens with one attached hydrogen (secondary N) is 2. The maximum atomic E-state index is 9.78. The van der Waals surface area contributed by atoms with E-state index in [1.807, 2.05) is 24.3 Å².